The molecule has 1 aromatic carbocycles. The molecular formula is C13H14F3N3O2. The number of imidazole rings is 1. The third kappa shape index (κ3) is 4.11. The molecule has 0 aliphatic carbocycles. The maximum Gasteiger partial charge on any atom is 0.422 e. The Hall–Kier alpha value is -2.25. The van der Waals surface area contributed by atoms with E-state index in [1.54, 1.807) is 0 Å². The highest BCUT2D eigenvalue weighted by Crippen LogP contribution is 2.15. The minimum Gasteiger partial charge on any atom is -0.440 e. The first-order valence-electron chi connectivity index (χ1n) is 6.26. The number of carbonyl (C=O) groups is 1. The summed E-state index contributed by atoms with van der Waals surface area (Å²) in [7, 11) is 0. The number of ether oxygens (including phenoxy) is 1. The van der Waals surface area contributed by atoms with Gasteiger partial charge in [-0.3, -0.25) is 0 Å². The van der Waals surface area contributed by atoms with Crippen molar-refractivity contribution in [3.8, 4) is 0 Å². The number of halogens is 3. The maximum atomic E-state index is 11.9. The average molecular weight is 301 g/mol. The second-order valence-electron chi connectivity index (χ2n) is 4.42. The van der Waals surface area contributed by atoms with Gasteiger partial charge in [-0.15, -0.1) is 0 Å². The van der Waals surface area contributed by atoms with Crippen molar-refractivity contribution in [1.82, 2.24) is 14.9 Å². The van der Waals surface area contributed by atoms with Crippen LogP contribution >= 0.6 is 0 Å². The molecule has 1 amide bonds. The first kappa shape index (κ1) is 15.1. The van der Waals surface area contributed by atoms with E-state index in [0.717, 1.165) is 16.9 Å². The van der Waals surface area contributed by atoms with E-state index in [2.05, 4.69) is 15.0 Å². The summed E-state index contributed by atoms with van der Waals surface area (Å²) in [5.41, 5.74) is 1.73. The molecule has 0 unspecified atom stereocenters. The lowest BCUT2D eigenvalue weighted by Crippen LogP contribution is -2.31. The summed E-state index contributed by atoms with van der Waals surface area (Å²) < 4.78 is 41.5. The molecule has 0 atom stereocenters. The lowest BCUT2D eigenvalue weighted by molar-refractivity contribution is -0.160. The van der Waals surface area contributed by atoms with Crippen LogP contribution in [0, 0.1) is 6.92 Å². The number of hydrogen-bond acceptors (Lipinski definition) is 3. The summed E-state index contributed by atoms with van der Waals surface area (Å²) in [6.07, 6.45) is -5.61. The molecule has 21 heavy (non-hydrogen) atoms. The zero-order valence-corrected chi connectivity index (χ0v) is 11.3. The number of nitrogens with one attached hydrogen (secondary N) is 1. The second kappa shape index (κ2) is 6.02. The predicted octanol–water partition coefficient (Wildman–Crippen LogP) is 2.63. The molecule has 0 radical (unpaired) electrons. The largest absolute Gasteiger partial charge is 0.440 e. The summed E-state index contributed by atoms with van der Waals surface area (Å²) in [4.78, 5) is 15.5. The number of amides is 1. The Labute approximate surface area is 118 Å². The van der Waals surface area contributed by atoms with Gasteiger partial charge in [0.05, 0.1) is 11.0 Å². The number of rotatable bonds is 4. The zero-order chi connectivity index (χ0) is 15.5. The van der Waals surface area contributed by atoms with Crippen molar-refractivity contribution in [3.05, 3.63) is 30.1 Å². The molecular weight excluding hydrogens is 287 g/mol. The first-order chi connectivity index (χ1) is 9.87. The maximum absolute atomic E-state index is 11.9. The van der Waals surface area contributed by atoms with E-state index in [1.165, 1.54) is 0 Å². The topological polar surface area (TPSA) is 56.2 Å². The standard InChI is InChI=1S/C13H14F3N3O2/c1-9-18-10-4-2-3-5-11(10)19(9)7-6-17-12(20)21-8-13(14,15)16/h2-5H,6-8H2,1H3,(H,17,20). The number of aryl methyl sites for hydroxylation is 1. The van der Waals surface area contributed by atoms with E-state index in [1.807, 2.05) is 35.8 Å². The number of alkyl halides is 3. The van der Waals surface area contributed by atoms with Crippen LogP contribution in [0.25, 0.3) is 11.0 Å². The third-order valence-corrected chi connectivity index (χ3v) is 2.82. The smallest absolute Gasteiger partial charge is 0.422 e. The summed E-state index contributed by atoms with van der Waals surface area (Å²) in [5, 5.41) is 2.28. The van der Waals surface area contributed by atoms with Crippen LogP contribution in [0.1, 0.15) is 5.82 Å². The fraction of sp³-hybridized carbons (Fsp3) is 0.385. The fourth-order valence-electron chi connectivity index (χ4n) is 1.95. The van der Waals surface area contributed by atoms with Crippen LogP contribution in [0.2, 0.25) is 0 Å². The van der Waals surface area contributed by atoms with Gasteiger partial charge in [0.25, 0.3) is 0 Å². The molecule has 8 heteroatoms. The first-order valence-corrected chi connectivity index (χ1v) is 6.26. The Bertz CT molecular complexity index is 637. The molecule has 0 aliphatic rings. The van der Waals surface area contributed by atoms with Crippen LogP contribution in [0.3, 0.4) is 0 Å². The number of aromatic nitrogens is 2. The number of nitrogens with zero attached hydrogens (tertiary/aromatic N) is 2. The molecule has 0 fully saturated rings. The molecule has 5 nitrogen and oxygen atoms in total. The van der Waals surface area contributed by atoms with Crippen molar-refractivity contribution in [2.24, 2.45) is 0 Å². The number of alkyl carbamates (subject to hydrolysis) is 1. The Morgan fingerprint density at radius 1 is 1.38 bits per heavy atom. The molecule has 1 aromatic heterocycles. The number of carbonyl (C=O) groups excluding carboxylic acids is 1. The molecule has 114 valence electrons. The molecule has 0 saturated heterocycles. The lowest BCUT2D eigenvalue weighted by atomic mass is 10.3. The summed E-state index contributed by atoms with van der Waals surface area (Å²) >= 11 is 0. The van der Waals surface area contributed by atoms with Gasteiger partial charge in [-0.2, -0.15) is 13.2 Å². The van der Waals surface area contributed by atoms with Crippen molar-refractivity contribution in [3.63, 3.8) is 0 Å². The Morgan fingerprint density at radius 2 is 2.10 bits per heavy atom. The summed E-state index contributed by atoms with van der Waals surface area (Å²) in [6, 6.07) is 7.48. The van der Waals surface area contributed by atoms with E-state index in [0.29, 0.717) is 6.54 Å². The molecule has 0 spiro atoms. The van der Waals surface area contributed by atoms with Gasteiger partial charge in [-0.25, -0.2) is 9.78 Å². The molecule has 2 aromatic rings. The van der Waals surface area contributed by atoms with E-state index in [-0.39, 0.29) is 6.54 Å². The van der Waals surface area contributed by atoms with Crippen molar-refractivity contribution in [2.45, 2.75) is 19.6 Å². The van der Waals surface area contributed by atoms with Crippen LogP contribution in [0.4, 0.5) is 18.0 Å². The highest BCUT2D eigenvalue weighted by Gasteiger charge is 2.29. The number of fused-ring (bicyclic) bond motifs is 1. The van der Waals surface area contributed by atoms with Crippen LogP contribution < -0.4 is 5.32 Å². The van der Waals surface area contributed by atoms with Gasteiger partial charge < -0.3 is 14.6 Å². The molecule has 1 N–H and O–H groups in total. The highest BCUT2D eigenvalue weighted by molar-refractivity contribution is 5.75. The number of para-hydroxylation sites is 2. The van der Waals surface area contributed by atoms with Crippen LogP contribution in [0.15, 0.2) is 24.3 Å². The molecule has 0 bridgehead atoms. The van der Waals surface area contributed by atoms with Gasteiger partial charge in [0.15, 0.2) is 6.61 Å². The second-order valence-corrected chi connectivity index (χ2v) is 4.42. The minimum absolute atomic E-state index is 0.151. The Morgan fingerprint density at radius 3 is 2.81 bits per heavy atom. The number of benzene rings is 1. The normalized spacial score (nSPS) is 11.6. The summed E-state index contributed by atoms with van der Waals surface area (Å²) in [6.45, 7) is 0.777. The van der Waals surface area contributed by atoms with Crippen molar-refractivity contribution >= 4 is 17.1 Å². The van der Waals surface area contributed by atoms with Gasteiger partial charge in [-0.05, 0) is 19.1 Å². The van der Waals surface area contributed by atoms with Crippen molar-refractivity contribution in [1.29, 1.82) is 0 Å². The molecule has 0 aliphatic heterocycles. The Balaban J connectivity index is 1.88. The number of hydrogen-bond donors (Lipinski definition) is 1. The Kier molecular flexibility index (Phi) is 4.35. The summed E-state index contributed by atoms with van der Waals surface area (Å²) in [5.74, 6) is 0.765. The van der Waals surface area contributed by atoms with E-state index in [9.17, 15) is 18.0 Å². The molecule has 2 rings (SSSR count). The molecule has 1 heterocycles. The SMILES string of the molecule is Cc1nc2ccccc2n1CCNC(=O)OCC(F)(F)F. The lowest BCUT2D eigenvalue weighted by Gasteiger charge is -2.10. The fourth-order valence-corrected chi connectivity index (χ4v) is 1.95. The van der Waals surface area contributed by atoms with Crippen LogP contribution in [0.5, 0.6) is 0 Å². The van der Waals surface area contributed by atoms with Gasteiger partial charge in [0.2, 0.25) is 0 Å². The minimum atomic E-state index is -4.52. The van der Waals surface area contributed by atoms with Crippen molar-refractivity contribution < 1.29 is 22.7 Å². The van der Waals surface area contributed by atoms with Gasteiger partial charge in [-0.1, -0.05) is 12.1 Å². The third-order valence-electron chi connectivity index (χ3n) is 2.82. The van der Waals surface area contributed by atoms with Gasteiger partial charge in [0.1, 0.15) is 5.82 Å². The van der Waals surface area contributed by atoms with E-state index < -0.39 is 18.9 Å². The van der Waals surface area contributed by atoms with Crippen LogP contribution in [-0.2, 0) is 11.3 Å². The molecule has 0 saturated carbocycles. The highest BCUT2D eigenvalue weighted by atomic mass is 19.4. The van der Waals surface area contributed by atoms with E-state index >= 15 is 0 Å². The zero-order valence-electron chi connectivity index (χ0n) is 11.3. The average Bonchev–Trinajstić information content (AvgIpc) is 2.72. The monoisotopic (exact) mass is 301 g/mol. The van der Waals surface area contributed by atoms with Gasteiger partial charge >= 0.3 is 12.3 Å². The van der Waals surface area contributed by atoms with Gasteiger partial charge in [0, 0.05) is 13.1 Å². The predicted molar refractivity (Wildman–Crippen MR) is 69.9 cm³/mol. The van der Waals surface area contributed by atoms with Crippen LogP contribution in [-0.4, -0.2) is 35.0 Å². The van der Waals surface area contributed by atoms with Crippen molar-refractivity contribution in [2.75, 3.05) is 13.2 Å². The quantitative estimate of drug-likeness (QED) is 0.944. The van der Waals surface area contributed by atoms with E-state index in [4.69, 9.17) is 0 Å².